The molecule has 1 aliphatic carbocycles. The van der Waals surface area contributed by atoms with Crippen molar-refractivity contribution in [3.8, 4) is 0 Å². The zero-order chi connectivity index (χ0) is 13.3. The van der Waals surface area contributed by atoms with E-state index < -0.39 is 0 Å². The van der Waals surface area contributed by atoms with Gasteiger partial charge >= 0.3 is 0 Å². The van der Waals surface area contributed by atoms with Gasteiger partial charge < -0.3 is 5.73 Å². The summed E-state index contributed by atoms with van der Waals surface area (Å²) < 4.78 is 0. The predicted molar refractivity (Wildman–Crippen MR) is 77.6 cm³/mol. The first-order valence-electron chi connectivity index (χ1n) is 7.69. The highest BCUT2D eigenvalue weighted by atomic mass is 15.3. The minimum absolute atomic E-state index is 0.671. The fraction of sp³-hybridized carbons (Fsp3) is 1.00. The molecule has 2 fully saturated rings. The molecule has 0 spiro atoms. The molecule has 0 aromatic carbocycles. The highest BCUT2D eigenvalue weighted by Crippen LogP contribution is 2.33. The van der Waals surface area contributed by atoms with Crippen molar-refractivity contribution >= 4 is 0 Å². The quantitative estimate of drug-likeness (QED) is 0.814. The van der Waals surface area contributed by atoms with E-state index in [1.54, 1.807) is 0 Å². The molecule has 2 N–H and O–H groups in total. The molecule has 1 heterocycles. The second-order valence-electron chi connectivity index (χ2n) is 6.80. The molecule has 0 aromatic heterocycles. The number of hydrogen-bond donors (Lipinski definition) is 1. The first-order valence-corrected chi connectivity index (χ1v) is 7.69. The van der Waals surface area contributed by atoms with Crippen LogP contribution in [0.5, 0.6) is 0 Å². The highest BCUT2D eigenvalue weighted by molar-refractivity contribution is 4.92. The summed E-state index contributed by atoms with van der Waals surface area (Å²) in [4.78, 5) is 5.25. The molecule has 1 saturated heterocycles. The molecule has 2 rings (SSSR count). The third-order valence-corrected chi connectivity index (χ3v) is 5.38. The van der Waals surface area contributed by atoms with Gasteiger partial charge in [0, 0.05) is 31.2 Å². The Kier molecular flexibility index (Phi) is 4.68. The van der Waals surface area contributed by atoms with Gasteiger partial charge in [-0.15, -0.1) is 0 Å². The third-order valence-electron chi connectivity index (χ3n) is 5.38. The lowest BCUT2D eigenvalue weighted by molar-refractivity contribution is -0.00215. The monoisotopic (exact) mass is 253 g/mol. The fourth-order valence-electron chi connectivity index (χ4n) is 3.85. The minimum atomic E-state index is 0.671. The van der Waals surface area contributed by atoms with Crippen LogP contribution in [0.15, 0.2) is 0 Å². The van der Waals surface area contributed by atoms with Crippen LogP contribution in [-0.2, 0) is 0 Å². The van der Waals surface area contributed by atoms with Gasteiger partial charge in [-0.05, 0) is 52.1 Å². The number of hydrogen-bond acceptors (Lipinski definition) is 3. The van der Waals surface area contributed by atoms with Gasteiger partial charge in [0.25, 0.3) is 0 Å². The molecule has 18 heavy (non-hydrogen) atoms. The lowest BCUT2D eigenvalue weighted by atomic mass is 9.77. The summed E-state index contributed by atoms with van der Waals surface area (Å²) in [5.74, 6) is 1.60. The number of likely N-dealkylation sites (N-methyl/N-ethyl adjacent to an activating group) is 1. The number of nitrogens with zero attached hydrogens (tertiary/aromatic N) is 2. The van der Waals surface area contributed by atoms with Crippen molar-refractivity contribution in [3.05, 3.63) is 0 Å². The molecule has 1 saturated carbocycles. The van der Waals surface area contributed by atoms with Gasteiger partial charge in [0.2, 0.25) is 0 Å². The van der Waals surface area contributed by atoms with Crippen LogP contribution in [0.2, 0.25) is 0 Å². The Morgan fingerprint density at radius 2 is 1.67 bits per heavy atom. The summed E-state index contributed by atoms with van der Waals surface area (Å²) in [6.45, 7) is 10.4. The van der Waals surface area contributed by atoms with Gasteiger partial charge in [0.15, 0.2) is 0 Å². The third kappa shape index (κ3) is 2.89. The first-order chi connectivity index (χ1) is 8.52. The van der Waals surface area contributed by atoms with E-state index in [-0.39, 0.29) is 0 Å². The summed E-state index contributed by atoms with van der Waals surface area (Å²) in [6.07, 6.45) is 4.06. The second-order valence-corrected chi connectivity index (χ2v) is 6.80. The van der Waals surface area contributed by atoms with Gasteiger partial charge in [-0.25, -0.2) is 0 Å². The average Bonchev–Trinajstić information content (AvgIpc) is 2.35. The van der Waals surface area contributed by atoms with Crippen LogP contribution in [0, 0.1) is 11.8 Å². The summed E-state index contributed by atoms with van der Waals surface area (Å²) in [5, 5.41) is 0. The van der Waals surface area contributed by atoms with Crippen molar-refractivity contribution in [3.63, 3.8) is 0 Å². The van der Waals surface area contributed by atoms with E-state index in [4.69, 9.17) is 5.73 Å². The van der Waals surface area contributed by atoms with Crippen LogP contribution in [0.3, 0.4) is 0 Å². The van der Waals surface area contributed by atoms with E-state index in [2.05, 4.69) is 37.6 Å². The molecule has 3 heteroatoms. The second kappa shape index (κ2) is 5.89. The maximum Gasteiger partial charge on any atom is 0.0195 e. The van der Waals surface area contributed by atoms with Crippen LogP contribution in [-0.4, -0.2) is 54.6 Å². The van der Waals surface area contributed by atoms with Crippen molar-refractivity contribution in [2.45, 2.75) is 58.2 Å². The Labute approximate surface area is 113 Å². The molecule has 106 valence electrons. The van der Waals surface area contributed by atoms with Gasteiger partial charge in [-0.2, -0.15) is 0 Å². The zero-order valence-electron chi connectivity index (χ0n) is 12.6. The SMILES string of the molecule is CC1CCC(CN)C(N2CC(C)N(C)C(C)C2)C1. The van der Waals surface area contributed by atoms with Crippen LogP contribution >= 0.6 is 0 Å². The smallest absolute Gasteiger partial charge is 0.0195 e. The van der Waals surface area contributed by atoms with E-state index in [0.717, 1.165) is 24.4 Å². The fourth-order valence-corrected chi connectivity index (χ4v) is 3.85. The van der Waals surface area contributed by atoms with Crippen molar-refractivity contribution in [1.29, 1.82) is 0 Å². The van der Waals surface area contributed by atoms with Crippen LogP contribution in [0.25, 0.3) is 0 Å². The van der Waals surface area contributed by atoms with E-state index >= 15 is 0 Å². The molecule has 5 atom stereocenters. The van der Waals surface area contributed by atoms with Gasteiger partial charge in [-0.1, -0.05) is 13.3 Å². The molecule has 3 nitrogen and oxygen atoms in total. The normalized spacial score (nSPS) is 44.2. The van der Waals surface area contributed by atoms with Crippen LogP contribution in [0.1, 0.15) is 40.0 Å². The number of rotatable bonds is 2. The molecular weight excluding hydrogens is 222 g/mol. The molecule has 2 aliphatic rings. The van der Waals surface area contributed by atoms with E-state index in [0.29, 0.717) is 12.1 Å². The van der Waals surface area contributed by atoms with Crippen molar-refractivity contribution in [1.82, 2.24) is 9.80 Å². The summed E-state index contributed by atoms with van der Waals surface area (Å²) in [6, 6.07) is 2.08. The average molecular weight is 253 g/mol. The highest BCUT2D eigenvalue weighted by Gasteiger charge is 2.36. The maximum atomic E-state index is 6.01. The predicted octanol–water partition coefficient (Wildman–Crippen LogP) is 1.77. The van der Waals surface area contributed by atoms with Gasteiger partial charge in [-0.3, -0.25) is 9.80 Å². The largest absolute Gasteiger partial charge is 0.330 e. The van der Waals surface area contributed by atoms with Gasteiger partial charge in [0.05, 0.1) is 0 Å². The van der Waals surface area contributed by atoms with E-state index in [1.807, 2.05) is 0 Å². The van der Waals surface area contributed by atoms with E-state index in [1.165, 1.54) is 32.4 Å². The standard InChI is InChI=1S/C15H31N3/c1-11-5-6-14(8-16)15(7-11)18-9-12(2)17(4)13(3)10-18/h11-15H,5-10,16H2,1-4H3. The van der Waals surface area contributed by atoms with Crippen molar-refractivity contribution in [2.24, 2.45) is 17.6 Å². The Balaban J connectivity index is 2.04. The molecule has 0 bridgehead atoms. The lowest BCUT2D eigenvalue weighted by Crippen LogP contribution is -2.60. The molecule has 5 unspecified atom stereocenters. The van der Waals surface area contributed by atoms with Crippen molar-refractivity contribution in [2.75, 3.05) is 26.7 Å². The Morgan fingerprint density at radius 1 is 1.06 bits per heavy atom. The molecule has 1 aliphatic heterocycles. The molecule has 0 radical (unpaired) electrons. The summed E-state index contributed by atoms with van der Waals surface area (Å²) in [7, 11) is 2.26. The molecule has 0 amide bonds. The first kappa shape index (κ1) is 14.3. The van der Waals surface area contributed by atoms with Crippen molar-refractivity contribution < 1.29 is 0 Å². The Bertz CT molecular complexity index is 256. The molecule has 0 aromatic rings. The minimum Gasteiger partial charge on any atom is -0.330 e. The summed E-state index contributed by atoms with van der Waals surface area (Å²) >= 11 is 0. The zero-order valence-corrected chi connectivity index (χ0v) is 12.6. The maximum absolute atomic E-state index is 6.01. The van der Waals surface area contributed by atoms with E-state index in [9.17, 15) is 0 Å². The topological polar surface area (TPSA) is 32.5 Å². The van der Waals surface area contributed by atoms with Gasteiger partial charge in [0.1, 0.15) is 0 Å². The Morgan fingerprint density at radius 3 is 2.22 bits per heavy atom. The summed E-state index contributed by atoms with van der Waals surface area (Å²) in [5.41, 5.74) is 6.01. The van der Waals surface area contributed by atoms with Crippen LogP contribution < -0.4 is 5.73 Å². The number of piperazine rings is 1. The molecular formula is C15H31N3. The van der Waals surface area contributed by atoms with Crippen LogP contribution in [0.4, 0.5) is 0 Å². The lowest BCUT2D eigenvalue weighted by Gasteiger charge is -2.49. The Hall–Kier alpha value is -0.120. The number of nitrogens with two attached hydrogens (primary N) is 1.